The van der Waals surface area contributed by atoms with E-state index < -0.39 is 0 Å². The molecule has 3 aromatic carbocycles. The average Bonchev–Trinajstić information content (AvgIpc) is 3.34. The molecule has 5 rings (SSSR count). The summed E-state index contributed by atoms with van der Waals surface area (Å²) in [4.78, 5) is 18.0. The van der Waals surface area contributed by atoms with E-state index in [0.29, 0.717) is 31.0 Å². The zero-order valence-electron chi connectivity index (χ0n) is 22.2. The third kappa shape index (κ3) is 5.18. The number of fused-ring (bicyclic) bond motifs is 1. The highest BCUT2D eigenvalue weighted by Gasteiger charge is 2.28. The first-order valence-electron chi connectivity index (χ1n) is 13.1. The van der Waals surface area contributed by atoms with Crippen molar-refractivity contribution in [3.8, 4) is 11.5 Å². The zero-order valence-corrected chi connectivity index (χ0v) is 22.9. The van der Waals surface area contributed by atoms with Crippen LogP contribution in [-0.2, 0) is 11.3 Å². The fourth-order valence-electron chi connectivity index (χ4n) is 5.46. The normalized spacial score (nSPS) is 14.5. The fraction of sp³-hybridized carbons (Fsp3) is 0.323. The van der Waals surface area contributed by atoms with Crippen LogP contribution < -0.4 is 14.4 Å². The molecule has 1 amide bonds. The zero-order chi connectivity index (χ0) is 26.6. The molecule has 1 unspecified atom stereocenters. The van der Waals surface area contributed by atoms with Crippen molar-refractivity contribution >= 4 is 34.1 Å². The number of para-hydroxylation sites is 2. The molecule has 0 aliphatic carbocycles. The molecule has 38 heavy (non-hydrogen) atoms. The predicted molar refractivity (Wildman–Crippen MR) is 154 cm³/mol. The molecule has 4 aromatic rings. The first-order chi connectivity index (χ1) is 18.5. The minimum Gasteiger partial charge on any atom is -0.497 e. The molecular formula is C31H34ClN3O3. The number of benzene rings is 3. The SMILES string of the molecule is CCn1cc(C(CC(=O)N2CCN(c3ccccc3Cl)CC2)c2cc(OC)cc(OC)c2)c2ccccc21. The number of aromatic nitrogens is 1. The van der Waals surface area contributed by atoms with E-state index in [9.17, 15) is 4.79 Å². The first kappa shape index (κ1) is 26.0. The van der Waals surface area contributed by atoms with E-state index in [1.807, 2.05) is 47.4 Å². The standard InChI is InChI=1S/C31H34ClN3O3/c1-4-33-21-27(25-9-5-7-11-29(25)33)26(22-17-23(37-2)19-24(18-22)38-3)20-31(36)35-15-13-34(14-16-35)30-12-8-6-10-28(30)32/h5-12,17-19,21,26H,4,13-16,20H2,1-3H3. The molecule has 2 heterocycles. The van der Waals surface area contributed by atoms with Crippen LogP contribution in [0.5, 0.6) is 11.5 Å². The maximum absolute atomic E-state index is 13.8. The van der Waals surface area contributed by atoms with Crippen molar-refractivity contribution in [2.45, 2.75) is 25.8 Å². The van der Waals surface area contributed by atoms with Gasteiger partial charge in [-0.15, -0.1) is 0 Å². The van der Waals surface area contributed by atoms with Gasteiger partial charge in [-0.05, 0) is 48.4 Å². The van der Waals surface area contributed by atoms with Gasteiger partial charge in [-0.2, -0.15) is 0 Å². The average molecular weight is 532 g/mol. The number of carbonyl (C=O) groups excluding carboxylic acids is 1. The van der Waals surface area contributed by atoms with Crippen molar-refractivity contribution in [2.75, 3.05) is 45.3 Å². The Hall–Kier alpha value is -3.64. The van der Waals surface area contributed by atoms with Gasteiger partial charge in [-0.25, -0.2) is 0 Å². The second-order valence-corrected chi connectivity index (χ2v) is 10.0. The van der Waals surface area contributed by atoms with Gasteiger partial charge in [0.2, 0.25) is 5.91 Å². The third-order valence-corrected chi connectivity index (χ3v) is 7.84. The van der Waals surface area contributed by atoms with Gasteiger partial charge < -0.3 is 23.8 Å². The van der Waals surface area contributed by atoms with Gasteiger partial charge in [0, 0.05) is 68.2 Å². The van der Waals surface area contributed by atoms with Crippen molar-refractivity contribution < 1.29 is 14.3 Å². The van der Waals surface area contributed by atoms with Crippen molar-refractivity contribution in [3.05, 3.63) is 89.1 Å². The fourth-order valence-corrected chi connectivity index (χ4v) is 5.72. The molecule has 1 aromatic heterocycles. The van der Waals surface area contributed by atoms with Gasteiger partial charge in [0.25, 0.3) is 0 Å². The lowest BCUT2D eigenvalue weighted by Gasteiger charge is -2.37. The summed E-state index contributed by atoms with van der Waals surface area (Å²) in [5.41, 5.74) is 4.34. The van der Waals surface area contributed by atoms with E-state index >= 15 is 0 Å². The van der Waals surface area contributed by atoms with Gasteiger partial charge >= 0.3 is 0 Å². The Bertz CT molecular complexity index is 1400. The lowest BCUT2D eigenvalue weighted by molar-refractivity contribution is -0.131. The largest absolute Gasteiger partial charge is 0.497 e. The summed E-state index contributed by atoms with van der Waals surface area (Å²) in [5.74, 6) is 1.42. The number of methoxy groups -OCH3 is 2. The number of ether oxygens (including phenoxy) is 2. The maximum atomic E-state index is 13.8. The molecule has 0 bridgehead atoms. The number of halogens is 1. The van der Waals surface area contributed by atoms with E-state index in [1.165, 1.54) is 5.52 Å². The second-order valence-electron chi connectivity index (χ2n) is 9.61. The molecule has 0 saturated carbocycles. The number of hydrogen-bond donors (Lipinski definition) is 0. The molecule has 1 aliphatic rings. The van der Waals surface area contributed by atoms with Gasteiger partial charge in [0.15, 0.2) is 0 Å². The first-order valence-corrected chi connectivity index (χ1v) is 13.5. The lowest BCUT2D eigenvalue weighted by Crippen LogP contribution is -2.49. The van der Waals surface area contributed by atoms with Gasteiger partial charge in [0.1, 0.15) is 11.5 Å². The molecular weight excluding hydrogens is 498 g/mol. The Morgan fingerprint density at radius 1 is 0.921 bits per heavy atom. The van der Waals surface area contributed by atoms with E-state index in [4.69, 9.17) is 21.1 Å². The molecule has 1 atom stereocenters. The van der Waals surface area contributed by atoms with Crippen LogP contribution in [-0.4, -0.2) is 55.8 Å². The molecule has 0 N–H and O–H groups in total. The van der Waals surface area contributed by atoms with Crippen molar-refractivity contribution in [2.24, 2.45) is 0 Å². The second kappa shape index (κ2) is 11.4. The van der Waals surface area contributed by atoms with Gasteiger partial charge in [-0.3, -0.25) is 4.79 Å². The predicted octanol–water partition coefficient (Wildman–Crippen LogP) is 6.20. The number of aryl methyl sites for hydroxylation is 1. The van der Waals surface area contributed by atoms with Crippen LogP contribution in [0, 0.1) is 0 Å². The molecule has 0 radical (unpaired) electrons. The van der Waals surface area contributed by atoms with E-state index in [1.54, 1.807) is 14.2 Å². The van der Waals surface area contributed by atoms with Gasteiger partial charge in [0.05, 0.1) is 24.9 Å². The van der Waals surface area contributed by atoms with Crippen molar-refractivity contribution in [1.29, 1.82) is 0 Å². The summed E-state index contributed by atoms with van der Waals surface area (Å²) in [6, 6.07) is 22.2. The Labute approximate surface area is 229 Å². The Kier molecular flexibility index (Phi) is 7.79. The van der Waals surface area contributed by atoms with Crippen LogP contribution >= 0.6 is 11.6 Å². The highest BCUT2D eigenvalue weighted by atomic mass is 35.5. The Balaban J connectivity index is 1.45. The summed E-state index contributed by atoms with van der Waals surface area (Å²) in [5, 5.41) is 1.91. The molecule has 1 fully saturated rings. The number of piperazine rings is 1. The number of nitrogens with zero attached hydrogens (tertiary/aromatic N) is 3. The quantitative estimate of drug-likeness (QED) is 0.271. The van der Waals surface area contributed by atoms with Crippen LogP contribution in [0.2, 0.25) is 5.02 Å². The third-order valence-electron chi connectivity index (χ3n) is 7.52. The summed E-state index contributed by atoms with van der Waals surface area (Å²) in [6.45, 7) is 5.82. The Morgan fingerprint density at radius 2 is 1.58 bits per heavy atom. The number of hydrogen-bond acceptors (Lipinski definition) is 4. The van der Waals surface area contributed by atoms with E-state index in [2.05, 4.69) is 46.9 Å². The van der Waals surface area contributed by atoms with Crippen LogP contribution in [0.1, 0.15) is 30.4 Å². The minimum atomic E-state index is -0.147. The summed E-state index contributed by atoms with van der Waals surface area (Å²) < 4.78 is 13.4. The van der Waals surface area contributed by atoms with Crippen molar-refractivity contribution in [1.82, 2.24) is 9.47 Å². The summed E-state index contributed by atoms with van der Waals surface area (Å²) in [6.07, 6.45) is 2.56. The van der Waals surface area contributed by atoms with E-state index in [-0.39, 0.29) is 11.8 Å². The maximum Gasteiger partial charge on any atom is 0.223 e. The highest BCUT2D eigenvalue weighted by Crippen LogP contribution is 2.38. The van der Waals surface area contributed by atoms with Crippen LogP contribution in [0.15, 0.2) is 72.9 Å². The number of amides is 1. The number of rotatable bonds is 8. The molecule has 198 valence electrons. The van der Waals surface area contributed by atoms with Crippen LogP contribution in [0.25, 0.3) is 10.9 Å². The minimum absolute atomic E-state index is 0.143. The molecule has 6 nitrogen and oxygen atoms in total. The molecule has 7 heteroatoms. The van der Waals surface area contributed by atoms with Gasteiger partial charge in [-0.1, -0.05) is 41.9 Å². The Morgan fingerprint density at radius 3 is 2.24 bits per heavy atom. The van der Waals surface area contributed by atoms with E-state index in [0.717, 1.165) is 46.9 Å². The topological polar surface area (TPSA) is 46.9 Å². The molecule has 1 saturated heterocycles. The highest BCUT2D eigenvalue weighted by molar-refractivity contribution is 6.33. The molecule has 0 spiro atoms. The summed E-state index contributed by atoms with van der Waals surface area (Å²) in [7, 11) is 3.31. The number of anilines is 1. The van der Waals surface area contributed by atoms with Crippen LogP contribution in [0.3, 0.4) is 0 Å². The lowest BCUT2D eigenvalue weighted by atomic mass is 9.87. The van der Waals surface area contributed by atoms with Crippen LogP contribution in [0.4, 0.5) is 5.69 Å². The number of carbonyl (C=O) groups is 1. The summed E-state index contributed by atoms with van der Waals surface area (Å²) >= 11 is 6.43. The molecule has 1 aliphatic heterocycles. The monoisotopic (exact) mass is 531 g/mol. The smallest absolute Gasteiger partial charge is 0.223 e. The van der Waals surface area contributed by atoms with Crippen molar-refractivity contribution in [3.63, 3.8) is 0 Å².